The van der Waals surface area contributed by atoms with Crippen LogP contribution in [0.15, 0.2) is 24.3 Å². The molecule has 1 atom stereocenters. The van der Waals surface area contributed by atoms with Crippen molar-refractivity contribution in [3.8, 4) is 0 Å². The number of aromatic nitrogens is 1. The van der Waals surface area contributed by atoms with Gasteiger partial charge in [0.1, 0.15) is 5.01 Å². The number of thiazole rings is 1. The topological polar surface area (TPSA) is 24.9 Å². The van der Waals surface area contributed by atoms with E-state index in [1.165, 1.54) is 15.5 Å². The third-order valence-corrected chi connectivity index (χ3v) is 5.57. The third-order valence-electron chi connectivity index (χ3n) is 2.92. The number of nitrogens with one attached hydrogen (secondary N) is 1. The van der Waals surface area contributed by atoms with Crippen molar-refractivity contribution in [3.05, 3.63) is 29.3 Å². The summed E-state index contributed by atoms with van der Waals surface area (Å²) in [6.07, 6.45) is 0. The second kappa shape index (κ2) is 4.26. The van der Waals surface area contributed by atoms with Crippen LogP contribution in [0.4, 0.5) is 0 Å². The van der Waals surface area contributed by atoms with Gasteiger partial charge in [0.05, 0.1) is 16.3 Å². The molecular weight excluding hydrogens is 248 g/mol. The van der Waals surface area contributed by atoms with Crippen LogP contribution in [0.1, 0.15) is 24.9 Å². The molecule has 1 unspecified atom stereocenters. The smallest absolute Gasteiger partial charge is 0.112 e. The lowest BCUT2D eigenvalue weighted by molar-refractivity contribution is 0.375. The molecular formula is C13H16N2S2. The van der Waals surface area contributed by atoms with E-state index in [1.807, 2.05) is 23.1 Å². The van der Waals surface area contributed by atoms with Crippen molar-refractivity contribution in [1.82, 2.24) is 10.3 Å². The predicted octanol–water partition coefficient (Wildman–Crippen LogP) is 3.45. The maximum absolute atomic E-state index is 4.74. The van der Waals surface area contributed by atoms with E-state index in [0.29, 0.717) is 6.04 Å². The molecule has 2 heterocycles. The standard InChI is InChI=1S/C13H16N2S2/c1-13(2)8-16-7-10(15-13)12-14-9-5-3-4-6-11(9)17-12/h3-6,10,15H,7-8H2,1-2H3. The van der Waals surface area contributed by atoms with Crippen LogP contribution in [-0.4, -0.2) is 22.0 Å². The molecule has 0 amide bonds. The third kappa shape index (κ3) is 2.34. The summed E-state index contributed by atoms with van der Waals surface area (Å²) in [5.41, 5.74) is 1.34. The highest BCUT2D eigenvalue weighted by Gasteiger charge is 2.29. The number of thioether (sulfide) groups is 1. The minimum atomic E-state index is 0.214. The molecule has 1 saturated heterocycles. The molecule has 1 aliphatic heterocycles. The van der Waals surface area contributed by atoms with Gasteiger partial charge in [0.2, 0.25) is 0 Å². The molecule has 90 valence electrons. The van der Waals surface area contributed by atoms with E-state index in [1.54, 1.807) is 0 Å². The minimum absolute atomic E-state index is 0.214. The molecule has 0 aliphatic carbocycles. The molecule has 3 rings (SSSR count). The zero-order valence-corrected chi connectivity index (χ0v) is 11.7. The highest BCUT2D eigenvalue weighted by molar-refractivity contribution is 7.99. The van der Waals surface area contributed by atoms with Gasteiger partial charge in [-0.1, -0.05) is 12.1 Å². The molecule has 1 fully saturated rings. The average Bonchev–Trinajstić information content (AvgIpc) is 2.71. The van der Waals surface area contributed by atoms with Crippen LogP contribution in [0.25, 0.3) is 10.2 Å². The van der Waals surface area contributed by atoms with Crippen LogP contribution < -0.4 is 5.32 Å². The van der Waals surface area contributed by atoms with Gasteiger partial charge >= 0.3 is 0 Å². The van der Waals surface area contributed by atoms with E-state index in [-0.39, 0.29) is 5.54 Å². The van der Waals surface area contributed by atoms with Gasteiger partial charge in [0, 0.05) is 17.0 Å². The van der Waals surface area contributed by atoms with E-state index in [0.717, 1.165) is 11.3 Å². The van der Waals surface area contributed by atoms with E-state index in [9.17, 15) is 0 Å². The zero-order valence-electron chi connectivity index (χ0n) is 10.1. The molecule has 1 aliphatic rings. The Hall–Kier alpha value is -0.580. The quantitative estimate of drug-likeness (QED) is 0.854. The predicted molar refractivity (Wildman–Crippen MR) is 76.9 cm³/mol. The molecule has 2 aromatic rings. The Bertz CT molecular complexity index is 500. The summed E-state index contributed by atoms with van der Waals surface area (Å²) in [7, 11) is 0. The van der Waals surface area contributed by atoms with Gasteiger partial charge in [-0.05, 0) is 26.0 Å². The Morgan fingerprint density at radius 2 is 2.18 bits per heavy atom. The summed E-state index contributed by atoms with van der Waals surface area (Å²) in [4.78, 5) is 4.74. The highest BCUT2D eigenvalue weighted by atomic mass is 32.2. The van der Waals surface area contributed by atoms with Gasteiger partial charge in [0.15, 0.2) is 0 Å². The van der Waals surface area contributed by atoms with Gasteiger partial charge in [0.25, 0.3) is 0 Å². The van der Waals surface area contributed by atoms with Crippen molar-refractivity contribution >= 4 is 33.3 Å². The maximum atomic E-state index is 4.74. The Kier molecular flexibility index (Phi) is 2.89. The Morgan fingerprint density at radius 3 is 2.94 bits per heavy atom. The highest BCUT2D eigenvalue weighted by Crippen LogP contribution is 2.33. The number of hydrogen-bond acceptors (Lipinski definition) is 4. The molecule has 17 heavy (non-hydrogen) atoms. The summed E-state index contributed by atoms with van der Waals surface area (Å²) >= 11 is 3.84. The molecule has 0 saturated carbocycles. The second-order valence-electron chi connectivity index (χ2n) is 5.12. The monoisotopic (exact) mass is 264 g/mol. The van der Waals surface area contributed by atoms with E-state index in [4.69, 9.17) is 4.98 Å². The minimum Gasteiger partial charge on any atom is -0.301 e. The summed E-state index contributed by atoms with van der Waals surface area (Å²) in [5.74, 6) is 2.30. The Balaban J connectivity index is 1.93. The normalized spacial score (nSPS) is 24.0. The van der Waals surface area contributed by atoms with E-state index >= 15 is 0 Å². The number of hydrogen-bond donors (Lipinski definition) is 1. The first-order valence-corrected chi connectivity index (χ1v) is 7.82. The zero-order chi connectivity index (χ0) is 11.9. The molecule has 0 radical (unpaired) electrons. The summed E-state index contributed by atoms with van der Waals surface area (Å²) in [5, 5.41) is 4.93. The molecule has 2 nitrogen and oxygen atoms in total. The largest absolute Gasteiger partial charge is 0.301 e. The molecule has 1 aromatic carbocycles. The lowest BCUT2D eigenvalue weighted by Gasteiger charge is -2.35. The summed E-state index contributed by atoms with van der Waals surface area (Å²) in [6.45, 7) is 4.53. The van der Waals surface area contributed by atoms with Crippen molar-refractivity contribution in [2.45, 2.75) is 25.4 Å². The van der Waals surface area contributed by atoms with Crippen LogP contribution in [0.2, 0.25) is 0 Å². The second-order valence-corrected chi connectivity index (χ2v) is 7.21. The van der Waals surface area contributed by atoms with Crippen molar-refractivity contribution in [1.29, 1.82) is 0 Å². The Morgan fingerprint density at radius 1 is 1.35 bits per heavy atom. The molecule has 0 spiro atoms. The maximum Gasteiger partial charge on any atom is 0.112 e. The van der Waals surface area contributed by atoms with Crippen LogP contribution in [-0.2, 0) is 0 Å². The van der Waals surface area contributed by atoms with Crippen LogP contribution in [0, 0.1) is 0 Å². The fourth-order valence-electron chi connectivity index (χ4n) is 2.16. The van der Waals surface area contributed by atoms with E-state index < -0.39 is 0 Å². The fourth-order valence-corrected chi connectivity index (χ4v) is 4.47. The van der Waals surface area contributed by atoms with Gasteiger partial charge in [-0.25, -0.2) is 4.98 Å². The van der Waals surface area contributed by atoms with Crippen LogP contribution >= 0.6 is 23.1 Å². The molecule has 4 heteroatoms. The molecule has 0 bridgehead atoms. The van der Waals surface area contributed by atoms with Crippen molar-refractivity contribution < 1.29 is 0 Å². The first-order chi connectivity index (χ1) is 8.14. The molecule has 1 N–H and O–H groups in total. The van der Waals surface area contributed by atoms with E-state index in [2.05, 4.69) is 43.4 Å². The van der Waals surface area contributed by atoms with Crippen molar-refractivity contribution in [2.24, 2.45) is 0 Å². The average molecular weight is 264 g/mol. The van der Waals surface area contributed by atoms with Gasteiger partial charge in [-0.2, -0.15) is 11.8 Å². The van der Waals surface area contributed by atoms with Crippen LogP contribution in [0.5, 0.6) is 0 Å². The molecule has 1 aromatic heterocycles. The van der Waals surface area contributed by atoms with Crippen LogP contribution in [0.3, 0.4) is 0 Å². The number of rotatable bonds is 1. The summed E-state index contributed by atoms with van der Waals surface area (Å²) < 4.78 is 1.29. The number of para-hydroxylation sites is 1. The van der Waals surface area contributed by atoms with Gasteiger partial charge < -0.3 is 5.32 Å². The first kappa shape index (κ1) is 11.5. The SMILES string of the molecule is CC1(C)CSCC(c2nc3ccccc3s2)N1. The lowest BCUT2D eigenvalue weighted by Crippen LogP contribution is -2.48. The first-order valence-electron chi connectivity index (χ1n) is 5.85. The van der Waals surface area contributed by atoms with Crippen molar-refractivity contribution in [2.75, 3.05) is 11.5 Å². The fraction of sp³-hybridized carbons (Fsp3) is 0.462. The summed E-state index contributed by atoms with van der Waals surface area (Å²) in [6, 6.07) is 8.78. The lowest BCUT2D eigenvalue weighted by atomic mass is 10.1. The number of nitrogens with zero attached hydrogens (tertiary/aromatic N) is 1. The number of fused-ring (bicyclic) bond motifs is 1. The van der Waals surface area contributed by atoms with Gasteiger partial charge in [-0.3, -0.25) is 0 Å². The van der Waals surface area contributed by atoms with Crippen molar-refractivity contribution in [3.63, 3.8) is 0 Å². The Labute approximate surface area is 110 Å². The van der Waals surface area contributed by atoms with Gasteiger partial charge in [-0.15, -0.1) is 11.3 Å². The number of benzene rings is 1.